The van der Waals surface area contributed by atoms with Crippen LogP contribution in [0.1, 0.15) is 41.0 Å². The van der Waals surface area contributed by atoms with E-state index in [1.165, 1.54) is 32.6 Å². The average Bonchev–Trinajstić information content (AvgIpc) is 3.36. The first-order valence-corrected chi connectivity index (χ1v) is 9.79. The molecule has 0 aromatic heterocycles. The summed E-state index contributed by atoms with van der Waals surface area (Å²) >= 11 is 0. The van der Waals surface area contributed by atoms with E-state index in [1.54, 1.807) is 6.92 Å². The molecule has 2 aliphatic heterocycles. The summed E-state index contributed by atoms with van der Waals surface area (Å²) in [5.74, 6) is 1.01. The molecule has 0 bridgehead atoms. The largest absolute Gasteiger partial charge is 0.340 e. The highest BCUT2D eigenvalue weighted by molar-refractivity contribution is 5.73. The number of nitrogens with zero attached hydrogens (tertiary/aromatic N) is 4. The fourth-order valence-corrected chi connectivity index (χ4v) is 4.76. The maximum Gasteiger partial charge on any atom is 0.219 e. The minimum atomic E-state index is 0.222. The second-order valence-corrected chi connectivity index (χ2v) is 8.72. The van der Waals surface area contributed by atoms with Crippen LogP contribution in [-0.2, 0) is 4.79 Å². The topological polar surface area (TPSA) is 30.0 Å². The normalized spacial score (nSPS) is 30.8. The van der Waals surface area contributed by atoms with E-state index < -0.39 is 0 Å². The molecule has 2 saturated heterocycles. The Morgan fingerprint density at radius 3 is 2.04 bits per heavy atom. The molecule has 5 heteroatoms. The summed E-state index contributed by atoms with van der Waals surface area (Å²) in [5, 5.41) is 0. The standard InChI is InChI=1S/C19H36N4O/c1-15(2)20-6-8-22(9-7-20)18-14-17(18)19(4,5)23-12-10-21(11-13-23)16(3)24/h15,17-18H,6-14H2,1-5H3. The lowest BCUT2D eigenvalue weighted by molar-refractivity contribution is -0.131. The van der Waals surface area contributed by atoms with Gasteiger partial charge in [0, 0.05) is 76.9 Å². The van der Waals surface area contributed by atoms with Gasteiger partial charge in [-0.2, -0.15) is 0 Å². The Morgan fingerprint density at radius 2 is 1.54 bits per heavy atom. The molecule has 0 N–H and O–H groups in total. The lowest BCUT2D eigenvalue weighted by Gasteiger charge is -2.45. The van der Waals surface area contributed by atoms with E-state index in [0.717, 1.165) is 38.1 Å². The van der Waals surface area contributed by atoms with Crippen molar-refractivity contribution >= 4 is 5.91 Å². The van der Waals surface area contributed by atoms with Crippen molar-refractivity contribution in [2.45, 2.75) is 58.7 Å². The number of piperazine rings is 2. The summed E-state index contributed by atoms with van der Waals surface area (Å²) < 4.78 is 0. The highest BCUT2D eigenvalue weighted by Crippen LogP contribution is 2.46. The number of carbonyl (C=O) groups excluding carboxylic acids is 1. The van der Waals surface area contributed by atoms with Crippen molar-refractivity contribution in [1.29, 1.82) is 0 Å². The SMILES string of the molecule is CC(=O)N1CCN(C(C)(C)C2CC2N2CCN(C(C)C)CC2)CC1. The Balaban J connectivity index is 1.50. The summed E-state index contributed by atoms with van der Waals surface area (Å²) in [5.41, 5.74) is 0.253. The van der Waals surface area contributed by atoms with Crippen LogP contribution in [0, 0.1) is 5.92 Å². The molecule has 3 aliphatic rings. The molecule has 1 aliphatic carbocycles. The summed E-state index contributed by atoms with van der Waals surface area (Å²) in [6.07, 6.45) is 1.35. The molecule has 2 heterocycles. The van der Waals surface area contributed by atoms with Gasteiger partial charge in [0.2, 0.25) is 5.91 Å². The Bertz CT molecular complexity index is 448. The van der Waals surface area contributed by atoms with Crippen LogP contribution in [0.2, 0.25) is 0 Å². The highest BCUT2D eigenvalue weighted by atomic mass is 16.2. The summed E-state index contributed by atoms with van der Waals surface area (Å²) in [7, 11) is 0. The summed E-state index contributed by atoms with van der Waals surface area (Å²) in [6.45, 7) is 19.9. The van der Waals surface area contributed by atoms with Gasteiger partial charge in [-0.3, -0.25) is 19.5 Å². The zero-order chi connectivity index (χ0) is 17.5. The van der Waals surface area contributed by atoms with Gasteiger partial charge in [0.15, 0.2) is 0 Å². The van der Waals surface area contributed by atoms with Crippen LogP contribution >= 0.6 is 0 Å². The van der Waals surface area contributed by atoms with E-state index in [2.05, 4.69) is 42.4 Å². The Kier molecular flexibility index (Phi) is 5.24. The molecule has 138 valence electrons. The third kappa shape index (κ3) is 3.63. The Labute approximate surface area is 147 Å². The minimum absolute atomic E-state index is 0.222. The van der Waals surface area contributed by atoms with Crippen molar-refractivity contribution in [3.63, 3.8) is 0 Å². The van der Waals surface area contributed by atoms with Crippen molar-refractivity contribution < 1.29 is 4.79 Å². The van der Waals surface area contributed by atoms with Crippen LogP contribution in [0.3, 0.4) is 0 Å². The van der Waals surface area contributed by atoms with Crippen LogP contribution < -0.4 is 0 Å². The number of carbonyl (C=O) groups is 1. The molecule has 0 radical (unpaired) electrons. The molecule has 5 nitrogen and oxygen atoms in total. The lowest BCUT2D eigenvalue weighted by Crippen LogP contribution is -2.57. The molecule has 3 fully saturated rings. The van der Waals surface area contributed by atoms with Crippen molar-refractivity contribution in [3.05, 3.63) is 0 Å². The van der Waals surface area contributed by atoms with Gasteiger partial charge < -0.3 is 4.90 Å². The fourth-order valence-electron chi connectivity index (χ4n) is 4.76. The quantitative estimate of drug-likeness (QED) is 0.775. The number of hydrogen-bond acceptors (Lipinski definition) is 4. The van der Waals surface area contributed by atoms with E-state index in [4.69, 9.17) is 0 Å². The first-order valence-electron chi connectivity index (χ1n) is 9.79. The van der Waals surface area contributed by atoms with Gasteiger partial charge in [0.1, 0.15) is 0 Å². The van der Waals surface area contributed by atoms with Gasteiger partial charge in [0.25, 0.3) is 0 Å². The van der Waals surface area contributed by atoms with E-state index in [9.17, 15) is 4.79 Å². The predicted molar refractivity (Wildman–Crippen MR) is 98.1 cm³/mol. The zero-order valence-electron chi connectivity index (χ0n) is 16.3. The van der Waals surface area contributed by atoms with Gasteiger partial charge in [-0.1, -0.05) is 0 Å². The van der Waals surface area contributed by atoms with E-state index in [1.807, 2.05) is 4.90 Å². The predicted octanol–water partition coefficient (Wildman–Crippen LogP) is 1.34. The van der Waals surface area contributed by atoms with Crippen LogP contribution in [0.4, 0.5) is 0 Å². The van der Waals surface area contributed by atoms with Gasteiger partial charge >= 0.3 is 0 Å². The number of amides is 1. The van der Waals surface area contributed by atoms with Crippen molar-refractivity contribution in [2.75, 3.05) is 52.4 Å². The summed E-state index contributed by atoms with van der Waals surface area (Å²) in [4.78, 5) is 21.5. The number of rotatable bonds is 4. The first-order chi connectivity index (χ1) is 11.3. The fraction of sp³-hybridized carbons (Fsp3) is 0.947. The lowest BCUT2D eigenvalue weighted by atomic mass is 9.94. The maximum absolute atomic E-state index is 11.5. The molecule has 0 aromatic rings. The third-order valence-electron chi connectivity index (χ3n) is 6.75. The molecule has 2 atom stereocenters. The Hall–Kier alpha value is -0.650. The highest BCUT2D eigenvalue weighted by Gasteiger charge is 2.53. The molecule has 0 aromatic carbocycles. The monoisotopic (exact) mass is 336 g/mol. The van der Waals surface area contributed by atoms with Crippen molar-refractivity contribution in [3.8, 4) is 0 Å². The van der Waals surface area contributed by atoms with E-state index in [0.29, 0.717) is 6.04 Å². The number of hydrogen-bond donors (Lipinski definition) is 0. The molecular weight excluding hydrogens is 300 g/mol. The minimum Gasteiger partial charge on any atom is -0.340 e. The maximum atomic E-state index is 11.5. The molecule has 24 heavy (non-hydrogen) atoms. The molecule has 1 saturated carbocycles. The first kappa shape index (κ1) is 18.2. The third-order valence-corrected chi connectivity index (χ3v) is 6.75. The molecule has 3 rings (SSSR count). The average molecular weight is 337 g/mol. The Morgan fingerprint density at radius 1 is 0.958 bits per heavy atom. The van der Waals surface area contributed by atoms with Crippen LogP contribution in [0.15, 0.2) is 0 Å². The van der Waals surface area contributed by atoms with Crippen molar-refractivity contribution in [2.24, 2.45) is 5.92 Å². The van der Waals surface area contributed by atoms with Crippen LogP contribution in [-0.4, -0.2) is 95.5 Å². The van der Waals surface area contributed by atoms with Gasteiger partial charge in [-0.15, -0.1) is 0 Å². The van der Waals surface area contributed by atoms with Gasteiger partial charge in [-0.05, 0) is 40.0 Å². The van der Waals surface area contributed by atoms with Crippen molar-refractivity contribution in [1.82, 2.24) is 19.6 Å². The van der Waals surface area contributed by atoms with Crippen LogP contribution in [0.25, 0.3) is 0 Å². The second-order valence-electron chi connectivity index (χ2n) is 8.72. The van der Waals surface area contributed by atoms with Crippen LogP contribution in [0.5, 0.6) is 0 Å². The molecule has 0 spiro atoms. The summed E-state index contributed by atoms with van der Waals surface area (Å²) in [6, 6.07) is 1.45. The molecular formula is C19H36N4O. The van der Waals surface area contributed by atoms with E-state index in [-0.39, 0.29) is 11.4 Å². The zero-order valence-corrected chi connectivity index (χ0v) is 16.3. The van der Waals surface area contributed by atoms with Gasteiger partial charge in [-0.25, -0.2) is 0 Å². The van der Waals surface area contributed by atoms with E-state index >= 15 is 0 Å². The van der Waals surface area contributed by atoms with Gasteiger partial charge in [0.05, 0.1) is 0 Å². The second kappa shape index (κ2) is 6.93. The smallest absolute Gasteiger partial charge is 0.219 e. The molecule has 2 unspecified atom stereocenters. The molecule has 1 amide bonds.